The lowest BCUT2D eigenvalue weighted by Gasteiger charge is -2.14. The van der Waals surface area contributed by atoms with E-state index >= 15 is 0 Å². The average molecular weight is 446 g/mol. The van der Waals surface area contributed by atoms with Crippen molar-refractivity contribution in [3.63, 3.8) is 0 Å². The van der Waals surface area contributed by atoms with Gasteiger partial charge in [0.05, 0.1) is 23.8 Å². The Morgan fingerprint density at radius 1 is 1.00 bits per heavy atom. The number of nitrogens with zero attached hydrogens (tertiary/aromatic N) is 2. The second-order valence-corrected chi connectivity index (χ2v) is 8.28. The lowest BCUT2D eigenvalue weighted by atomic mass is 10.1. The standard InChI is InChI=1S/C27H31N3O3/c1-20-10-8-11-21(2)26(20)33-19-17-30-23-13-6-5-12-22(23)29-25(30)15-4-3-7-16-28-27(31)24-14-9-18-32-24/h5-6,8-14,18H,3-4,7,15-17,19H2,1-2H3,(H,28,31). The second-order valence-electron chi connectivity index (χ2n) is 8.28. The molecule has 0 aliphatic carbocycles. The first-order chi connectivity index (χ1) is 16.1. The molecule has 0 unspecified atom stereocenters. The van der Waals surface area contributed by atoms with Crippen molar-refractivity contribution in [2.24, 2.45) is 0 Å². The minimum absolute atomic E-state index is 0.161. The molecule has 6 heteroatoms. The zero-order valence-corrected chi connectivity index (χ0v) is 19.3. The lowest BCUT2D eigenvalue weighted by Crippen LogP contribution is -2.23. The fourth-order valence-corrected chi connectivity index (χ4v) is 4.11. The number of carbonyl (C=O) groups excluding carboxylic acids is 1. The van der Waals surface area contributed by atoms with Gasteiger partial charge in [0.25, 0.3) is 5.91 Å². The van der Waals surface area contributed by atoms with Crippen molar-refractivity contribution in [1.29, 1.82) is 0 Å². The Morgan fingerprint density at radius 2 is 1.82 bits per heavy atom. The lowest BCUT2D eigenvalue weighted by molar-refractivity contribution is 0.0925. The van der Waals surface area contributed by atoms with Crippen molar-refractivity contribution in [1.82, 2.24) is 14.9 Å². The highest BCUT2D eigenvalue weighted by atomic mass is 16.5. The van der Waals surface area contributed by atoms with Gasteiger partial charge in [-0.1, -0.05) is 36.8 Å². The van der Waals surface area contributed by atoms with E-state index in [-0.39, 0.29) is 5.91 Å². The number of carbonyl (C=O) groups is 1. The third-order valence-electron chi connectivity index (χ3n) is 5.81. The molecule has 0 fully saturated rings. The third kappa shape index (κ3) is 5.64. The van der Waals surface area contributed by atoms with Gasteiger partial charge in [-0.05, 0) is 62.1 Å². The van der Waals surface area contributed by atoms with Crippen LogP contribution in [0.2, 0.25) is 0 Å². The quantitative estimate of drug-likeness (QED) is 0.311. The van der Waals surface area contributed by atoms with Crippen LogP contribution >= 0.6 is 0 Å². The van der Waals surface area contributed by atoms with Crippen LogP contribution in [0, 0.1) is 13.8 Å². The molecule has 2 aromatic carbocycles. The molecule has 33 heavy (non-hydrogen) atoms. The molecular weight excluding hydrogens is 414 g/mol. The van der Waals surface area contributed by atoms with Gasteiger partial charge in [0.1, 0.15) is 18.2 Å². The van der Waals surface area contributed by atoms with Crippen LogP contribution in [-0.2, 0) is 13.0 Å². The molecular formula is C27H31N3O3. The molecule has 2 aromatic heterocycles. The maximum atomic E-state index is 11.9. The van der Waals surface area contributed by atoms with Crippen LogP contribution in [0.5, 0.6) is 5.75 Å². The first-order valence-electron chi connectivity index (χ1n) is 11.6. The smallest absolute Gasteiger partial charge is 0.286 e. The van der Waals surface area contributed by atoms with Crippen molar-refractivity contribution in [2.45, 2.75) is 46.1 Å². The number of aryl methyl sites for hydroxylation is 3. The van der Waals surface area contributed by atoms with Crippen LogP contribution in [0.15, 0.2) is 65.3 Å². The van der Waals surface area contributed by atoms with Crippen LogP contribution in [0.1, 0.15) is 46.8 Å². The molecule has 0 aliphatic rings. The zero-order chi connectivity index (χ0) is 23.0. The third-order valence-corrected chi connectivity index (χ3v) is 5.81. The minimum atomic E-state index is -0.161. The van der Waals surface area contributed by atoms with E-state index < -0.39 is 0 Å². The Labute approximate surface area is 194 Å². The summed E-state index contributed by atoms with van der Waals surface area (Å²) in [7, 11) is 0. The topological polar surface area (TPSA) is 69.3 Å². The molecule has 2 heterocycles. The molecule has 6 nitrogen and oxygen atoms in total. The van der Waals surface area contributed by atoms with E-state index in [1.54, 1.807) is 12.1 Å². The van der Waals surface area contributed by atoms with Crippen molar-refractivity contribution in [3.05, 3.63) is 83.6 Å². The summed E-state index contributed by atoms with van der Waals surface area (Å²) in [6.45, 7) is 6.15. The number of aromatic nitrogens is 2. The number of nitrogens with one attached hydrogen (secondary N) is 1. The van der Waals surface area contributed by atoms with Crippen molar-refractivity contribution in [3.8, 4) is 5.75 Å². The van der Waals surface area contributed by atoms with Crippen LogP contribution in [0.3, 0.4) is 0 Å². The summed E-state index contributed by atoms with van der Waals surface area (Å²) in [6, 6.07) is 17.9. The fourth-order valence-electron chi connectivity index (χ4n) is 4.11. The zero-order valence-electron chi connectivity index (χ0n) is 19.3. The van der Waals surface area contributed by atoms with Gasteiger partial charge in [0.15, 0.2) is 5.76 Å². The summed E-state index contributed by atoms with van der Waals surface area (Å²) in [5.74, 6) is 2.25. The van der Waals surface area contributed by atoms with Gasteiger partial charge in [0.2, 0.25) is 0 Å². The Bertz CT molecular complexity index is 1170. The van der Waals surface area contributed by atoms with Gasteiger partial charge in [0, 0.05) is 13.0 Å². The molecule has 4 rings (SSSR count). The number of hydrogen-bond donors (Lipinski definition) is 1. The largest absolute Gasteiger partial charge is 0.491 e. The number of hydrogen-bond acceptors (Lipinski definition) is 4. The number of para-hydroxylation sites is 3. The SMILES string of the molecule is Cc1cccc(C)c1OCCn1c(CCCCCNC(=O)c2ccco2)nc2ccccc21. The first-order valence-corrected chi connectivity index (χ1v) is 11.6. The van der Waals surface area contributed by atoms with E-state index in [9.17, 15) is 4.79 Å². The van der Waals surface area contributed by atoms with Gasteiger partial charge >= 0.3 is 0 Å². The van der Waals surface area contributed by atoms with Gasteiger partial charge in [-0.2, -0.15) is 0 Å². The number of furan rings is 1. The number of rotatable bonds is 11. The second kappa shape index (κ2) is 10.9. The van der Waals surface area contributed by atoms with Crippen molar-refractivity contribution < 1.29 is 13.9 Å². The van der Waals surface area contributed by atoms with E-state index in [1.165, 1.54) is 6.26 Å². The average Bonchev–Trinajstić information content (AvgIpc) is 3.46. The molecule has 0 aliphatic heterocycles. The van der Waals surface area contributed by atoms with Gasteiger partial charge in [-0.3, -0.25) is 4.79 Å². The Kier molecular flexibility index (Phi) is 7.45. The summed E-state index contributed by atoms with van der Waals surface area (Å²) in [5.41, 5.74) is 4.48. The molecule has 1 amide bonds. The number of unbranched alkanes of at least 4 members (excludes halogenated alkanes) is 2. The Balaban J connectivity index is 1.31. The van der Waals surface area contributed by atoms with Crippen LogP contribution in [-0.4, -0.2) is 28.6 Å². The highest BCUT2D eigenvalue weighted by Crippen LogP contribution is 2.23. The molecule has 0 saturated carbocycles. The Morgan fingerprint density at radius 3 is 2.61 bits per heavy atom. The van der Waals surface area contributed by atoms with Gasteiger partial charge < -0.3 is 19.0 Å². The maximum Gasteiger partial charge on any atom is 0.286 e. The molecule has 1 N–H and O–H groups in total. The highest BCUT2D eigenvalue weighted by molar-refractivity contribution is 5.91. The maximum absolute atomic E-state index is 11.9. The predicted molar refractivity (Wildman–Crippen MR) is 130 cm³/mol. The number of ether oxygens (including phenoxy) is 1. The van der Waals surface area contributed by atoms with Crippen LogP contribution < -0.4 is 10.1 Å². The van der Waals surface area contributed by atoms with E-state index in [2.05, 4.69) is 60.1 Å². The molecule has 0 spiro atoms. The Hall–Kier alpha value is -3.54. The van der Waals surface area contributed by atoms with Gasteiger partial charge in [-0.25, -0.2) is 4.98 Å². The number of imidazole rings is 1. The monoisotopic (exact) mass is 445 g/mol. The van der Waals surface area contributed by atoms with E-state index in [4.69, 9.17) is 14.1 Å². The van der Waals surface area contributed by atoms with Crippen LogP contribution in [0.25, 0.3) is 11.0 Å². The summed E-state index contributed by atoms with van der Waals surface area (Å²) in [4.78, 5) is 16.8. The van der Waals surface area contributed by atoms with E-state index in [1.807, 2.05) is 6.07 Å². The predicted octanol–water partition coefficient (Wildman–Crippen LogP) is 5.47. The summed E-state index contributed by atoms with van der Waals surface area (Å²) in [5, 5.41) is 2.90. The van der Waals surface area contributed by atoms with Crippen LogP contribution in [0.4, 0.5) is 0 Å². The highest BCUT2D eigenvalue weighted by Gasteiger charge is 2.12. The molecule has 4 aromatic rings. The fraction of sp³-hybridized carbons (Fsp3) is 0.333. The first kappa shape index (κ1) is 22.6. The van der Waals surface area contributed by atoms with Crippen molar-refractivity contribution >= 4 is 16.9 Å². The van der Waals surface area contributed by atoms with E-state index in [0.29, 0.717) is 18.9 Å². The summed E-state index contributed by atoms with van der Waals surface area (Å²) >= 11 is 0. The summed E-state index contributed by atoms with van der Waals surface area (Å²) < 4.78 is 13.6. The van der Waals surface area contributed by atoms with Gasteiger partial charge in [-0.15, -0.1) is 0 Å². The van der Waals surface area contributed by atoms with E-state index in [0.717, 1.165) is 66.0 Å². The molecule has 0 atom stereocenters. The molecule has 0 radical (unpaired) electrons. The number of benzene rings is 2. The number of fused-ring (bicyclic) bond motifs is 1. The minimum Gasteiger partial charge on any atom is -0.491 e. The molecule has 0 saturated heterocycles. The van der Waals surface area contributed by atoms with Crippen molar-refractivity contribution in [2.75, 3.05) is 13.2 Å². The number of amides is 1. The molecule has 0 bridgehead atoms. The normalized spacial score (nSPS) is 11.1. The molecule has 172 valence electrons. The summed E-state index contributed by atoms with van der Waals surface area (Å²) in [6.07, 6.45) is 5.35.